The van der Waals surface area contributed by atoms with Crippen LogP contribution in [0.2, 0.25) is 0 Å². The molecule has 2 amide bonds. The van der Waals surface area contributed by atoms with Gasteiger partial charge in [-0.25, -0.2) is 8.42 Å². The molecule has 0 bridgehead atoms. The number of morpholine rings is 1. The maximum absolute atomic E-state index is 12.7. The molecule has 1 aliphatic rings. The minimum atomic E-state index is -3.58. The van der Waals surface area contributed by atoms with Gasteiger partial charge in [0.2, 0.25) is 10.0 Å². The fourth-order valence-electron chi connectivity index (χ4n) is 3.38. The molecular weight excluding hydrogens is 446 g/mol. The van der Waals surface area contributed by atoms with E-state index in [1.54, 1.807) is 41.3 Å². The molecule has 0 saturated carbocycles. The van der Waals surface area contributed by atoms with Crippen molar-refractivity contribution in [3.8, 4) is 5.75 Å². The molecular formula is C23H29N3O6S. The highest BCUT2D eigenvalue weighted by Gasteiger charge is 2.26. The van der Waals surface area contributed by atoms with Crippen molar-refractivity contribution in [2.45, 2.75) is 18.7 Å². The highest BCUT2D eigenvalue weighted by atomic mass is 32.2. The number of anilines is 1. The first kappa shape index (κ1) is 24.7. The van der Waals surface area contributed by atoms with Gasteiger partial charge in [-0.2, -0.15) is 4.31 Å². The predicted molar refractivity (Wildman–Crippen MR) is 124 cm³/mol. The van der Waals surface area contributed by atoms with Crippen LogP contribution in [0.15, 0.2) is 53.4 Å². The lowest BCUT2D eigenvalue weighted by atomic mass is 10.2. The minimum absolute atomic E-state index is 0.0524. The standard InChI is InChI=1S/C23H29N3O6S/c1-3-25(4-2)23(28)18-5-9-20(10-6-18)32-17-22(27)24-19-7-11-21(12-8-19)33(29,30)26-13-15-31-16-14-26/h5-12H,3-4,13-17H2,1-2H3,(H,24,27). The zero-order chi connectivity index (χ0) is 23.8. The van der Waals surface area contributed by atoms with Gasteiger partial charge < -0.3 is 19.7 Å². The van der Waals surface area contributed by atoms with E-state index in [-0.39, 0.29) is 23.3 Å². The van der Waals surface area contributed by atoms with Crippen molar-refractivity contribution in [3.05, 3.63) is 54.1 Å². The van der Waals surface area contributed by atoms with Crippen molar-refractivity contribution in [2.24, 2.45) is 0 Å². The van der Waals surface area contributed by atoms with Crippen LogP contribution in [0, 0.1) is 0 Å². The van der Waals surface area contributed by atoms with Gasteiger partial charge in [0.15, 0.2) is 6.61 Å². The van der Waals surface area contributed by atoms with Gasteiger partial charge in [-0.1, -0.05) is 0 Å². The summed E-state index contributed by atoms with van der Waals surface area (Å²) in [6.45, 7) is 6.29. The molecule has 9 nitrogen and oxygen atoms in total. The zero-order valence-corrected chi connectivity index (χ0v) is 19.6. The topological polar surface area (TPSA) is 105 Å². The Morgan fingerprint density at radius 1 is 1.00 bits per heavy atom. The van der Waals surface area contributed by atoms with Crippen LogP contribution in [0.4, 0.5) is 5.69 Å². The van der Waals surface area contributed by atoms with Gasteiger partial charge in [0.25, 0.3) is 11.8 Å². The summed E-state index contributed by atoms with van der Waals surface area (Å²) in [6, 6.07) is 12.6. The Hall–Kier alpha value is -2.95. The van der Waals surface area contributed by atoms with E-state index in [0.717, 1.165) is 0 Å². The predicted octanol–water partition coefficient (Wildman–Crippen LogP) is 2.21. The molecule has 1 heterocycles. The Labute approximate surface area is 194 Å². The lowest BCUT2D eigenvalue weighted by Crippen LogP contribution is -2.40. The fraction of sp³-hybridized carbons (Fsp3) is 0.391. The molecule has 0 aliphatic carbocycles. The normalized spacial score (nSPS) is 14.5. The molecule has 1 fully saturated rings. The molecule has 3 rings (SSSR count). The number of hydrogen-bond acceptors (Lipinski definition) is 6. The van der Waals surface area contributed by atoms with Crippen LogP contribution in [0.5, 0.6) is 5.75 Å². The second kappa shape index (κ2) is 11.3. The van der Waals surface area contributed by atoms with Gasteiger partial charge in [-0.15, -0.1) is 0 Å². The molecule has 33 heavy (non-hydrogen) atoms. The summed E-state index contributed by atoms with van der Waals surface area (Å²) < 4.78 is 37.4. The van der Waals surface area contributed by atoms with Crippen LogP contribution in [0.25, 0.3) is 0 Å². The van der Waals surface area contributed by atoms with Gasteiger partial charge in [0.05, 0.1) is 18.1 Å². The lowest BCUT2D eigenvalue weighted by Gasteiger charge is -2.26. The summed E-state index contributed by atoms with van der Waals surface area (Å²) in [5.41, 5.74) is 1.02. The first-order valence-corrected chi connectivity index (χ1v) is 12.3. The smallest absolute Gasteiger partial charge is 0.262 e. The summed E-state index contributed by atoms with van der Waals surface area (Å²) in [4.78, 5) is 26.4. The van der Waals surface area contributed by atoms with Crippen molar-refractivity contribution in [1.29, 1.82) is 0 Å². The molecule has 0 spiro atoms. The first-order valence-electron chi connectivity index (χ1n) is 10.8. The van der Waals surface area contributed by atoms with E-state index in [0.29, 0.717) is 56.4 Å². The number of benzene rings is 2. The number of nitrogens with zero attached hydrogens (tertiary/aromatic N) is 2. The maximum Gasteiger partial charge on any atom is 0.262 e. The van der Waals surface area contributed by atoms with Crippen molar-refractivity contribution in [2.75, 3.05) is 51.3 Å². The number of amides is 2. The van der Waals surface area contributed by atoms with E-state index in [4.69, 9.17) is 9.47 Å². The van der Waals surface area contributed by atoms with E-state index in [1.165, 1.54) is 16.4 Å². The van der Waals surface area contributed by atoms with Crippen molar-refractivity contribution >= 4 is 27.5 Å². The largest absolute Gasteiger partial charge is 0.484 e. The molecule has 0 radical (unpaired) electrons. The van der Waals surface area contributed by atoms with E-state index in [9.17, 15) is 18.0 Å². The van der Waals surface area contributed by atoms with Gasteiger partial charge in [-0.3, -0.25) is 9.59 Å². The number of hydrogen-bond donors (Lipinski definition) is 1. The van der Waals surface area contributed by atoms with Crippen LogP contribution >= 0.6 is 0 Å². The fourth-order valence-corrected chi connectivity index (χ4v) is 4.79. The quantitative estimate of drug-likeness (QED) is 0.596. The maximum atomic E-state index is 12.7. The van der Waals surface area contributed by atoms with Crippen LogP contribution in [0.1, 0.15) is 24.2 Å². The number of nitrogens with one attached hydrogen (secondary N) is 1. The van der Waals surface area contributed by atoms with Crippen LogP contribution in [-0.2, 0) is 19.6 Å². The number of carbonyl (C=O) groups excluding carboxylic acids is 2. The second-order valence-electron chi connectivity index (χ2n) is 7.38. The highest BCUT2D eigenvalue weighted by Crippen LogP contribution is 2.20. The second-order valence-corrected chi connectivity index (χ2v) is 9.32. The molecule has 2 aromatic rings. The molecule has 2 aromatic carbocycles. The van der Waals surface area contributed by atoms with Gasteiger partial charge >= 0.3 is 0 Å². The average molecular weight is 476 g/mol. The number of ether oxygens (including phenoxy) is 2. The number of carbonyl (C=O) groups is 2. The summed E-state index contributed by atoms with van der Waals surface area (Å²) in [6.07, 6.45) is 0. The van der Waals surface area contributed by atoms with E-state index in [1.807, 2.05) is 13.8 Å². The van der Waals surface area contributed by atoms with Crippen LogP contribution in [0.3, 0.4) is 0 Å². The third kappa shape index (κ3) is 6.31. The van der Waals surface area contributed by atoms with Gasteiger partial charge in [0.1, 0.15) is 5.75 Å². The Bertz CT molecular complexity index is 1040. The molecule has 0 unspecified atom stereocenters. The molecule has 0 atom stereocenters. The zero-order valence-electron chi connectivity index (χ0n) is 18.8. The molecule has 178 valence electrons. The third-order valence-corrected chi connectivity index (χ3v) is 7.18. The Kier molecular flexibility index (Phi) is 8.43. The number of sulfonamides is 1. The molecule has 10 heteroatoms. The van der Waals surface area contributed by atoms with Gasteiger partial charge in [-0.05, 0) is 62.4 Å². The Morgan fingerprint density at radius 3 is 2.18 bits per heavy atom. The molecule has 1 N–H and O–H groups in total. The number of rotatable bonds is 9. The van der Waals surface area contributed by atoms with E-state index in [2.05, 4.69) is 5.32 Å². The lowest BCUT2D eigenvalue weighted by molar-refractivity contribution is -0.118. The summed E-state index contributed by atoms with van der Waals surface area (Å²) in [5.74, 6) is 0.0265. The van der Waals surface area contributed by atoms with Crippen LogP contribution in [-0.4, -0.2) is 75.4 Å². The summed E-state index contributed by atoms with van der Waals surface area (Å²) >= 11 is 0. The van der Waals surface area contributed by atoms with Crippen molar-refractivity contribution in [3.63, 3.8) is 0 Å². The molecule has 1 aliphatic heterocycles. The third-order valence-electron chi connectivity index (χ3n) is 5.27. The molecule has 0 aromatic heterocycles. The van der Waals surface area contributed by atoms with Crippen molar-refractivity contribution in [1.82, 2.24) is 9.21 Å². The molecule has 1 saturated heterocycles. The van der Waals surface area contributed by atoms with Crippen LogP contribution < -0.4 is 10.1 Å². The van der Waals surface area contributed by atoms with E-state index < -0.39 is 10.0 Å². The highest BCUT2D eigenvalue weighted by molar-refractivity contribution is 7.89. The minimum Gasteiger partial charge on any atom is -0.484 e. The summed E-state index contributed by atoms with van der Waals surface area (Å²) in [7, 11) is -3.58. The van der Waals surface area contributed by atoms with Crippen molar-refractivity contribution < 1.29 is 27.5 Å². The van der Waals surface area contributed by atoms with E-state index >= 15 is 0 Å². The SMILES string of the molecule is CCN(CC)C(=O)c1ccc(OCC(=O)Nc2ccc(S(=O)(=O)N3CCOCC3)cc2)cc1. The Balaban J connectivity index is 1.52. The average Bonchev–Trinajstić information content (AvgIpc) is 2.84. The Morgan fingerprint density at radius 2 is 1.61 bits per heavy atom. The van der Waals surface area contributed by atoms with Gasteiger partial charge in [0, 0.05) is 37.4 Å². The summed E-state index contributed by atoms with van der Waals surface area (Å²) in [5, 5.41) is 2.68. The first-order chi connectivity index (χ1) is 15.8. The monoisotopic (exact) mass is 475 g/mol.